The van der Waals surface area contributed by atoms with Gasteiger partial charge in [-0.3, -0.25) is 0 Å². The van der Waals surface area contributed by atoms with Crippen molar-refractivity contribution in [2.24, 2.45) is 0 Å². The van der Waals surface area contributed by atoms with Crippen LogP contribution in [0.4, 0.5) is 0 Å². The summed E-state index contributed by atoms with van der Waals surface area (Å²) in [4.78, 5) is 0. The summed E-state index contributed by atoms with van der Waals surface area (Å²) in [5.74, 6) is 0. The van der Waals surface area contributed by atoms with Gasteiger partial charge >= 0.3 is 0 Å². The van der Waals surface area contributed by atoms with Gasteiger partial charge in [-0.25, -0.2) is 0 Å². The van der Waals surface area contributed by atoms with Crippen LogP contribution in [0.1, 0.15) is 0 Å². The van der Waals surface area contributed by atoms with Gasteiger partial charge in [0.1, 0.15) is 0 Å². The fraction of sp³-hybridized carbons (Fsp3) is 0. The van der Waals surface area contributed by atoms with Gasteiger partial charge in [0, 0.05) is 29.6 Å². The minimum atomic E-state index is 0. The van der Waals surface area contributed by atoms with Crippen molar-refractivity contribution in [2.75, 3.05) is 0 Å². The Balaban J connectivity index is 0. The van der Waals surface area contributed by atoms with E-state index >= 15 is 0 Å². The molecule has 0 unspecified atom stereocenters. The van der Waals surface area contributed by atoms with Crippen LogP contribution >= 0.6 is 37.2 Å². The molecule has 0 atom stereocenters. The Morgan fingerprint density at radius 2 is 0.500 bits per heavy atom. The van der Waals surface area contributed by atoms with E-state index in [1.165, 1.54) is 0 Å². The smallest absolute Gasteiger partial charge is 0 e. The average Bonchev–Trinajstić information content (AvgIpc) is 0. The van der Waals surface area contributed by atoms with E-state index in [2.05, 4.69) is 0 Å². The molecule has 0 heterocycles. The second-order valence-electron chi connectivity index (χ2n) is 0. The number of halogens is 3. The van der Waals surface area contributed by atoms with Crippen LogP contribution in [0.25, 0.3) is 0 Å². The molecule has 0 saturated carbocycles. The van der Waals surface area contributed by atoms with E-state index in [-0.39, 0.29) is 77.7 Å². The van der Waals surface area contributed by atoms with E-state index in [1.54, 1.807) is 0 Å². The fourth-order valence-corrected chi connectivity index (χ4v) is 0. The summed E-state index contributed by atoms with van der Waals surface area (Å²) in [7, 11) is 0. The number of rotatable bonds is 0. The van der Waals surface area contributed by atoms with Crippen molar-refractivity contribution >= 4 is 66.8 Å². The van der Waals surface area contributed by atoms with Crippen LogP contribution in [-0.4, -0.2) is 40.5 Å². The second kappa shape index (κ2) is 71.0. The quantitative estimate of drug-likeness (QED) is 0.427. The summed E-state index contributed by atoms with van der Waals surface area (Å²) in [6.07, 6.45) is 0. The Morgan fingerprint density at radius 1 is 0.500 bits per heavy atom. The molecular weight excluding hydrogens is 161 g/mol. The average molecular weight is 168 g/mol. The zero-order valence-electron chi connectivity index (χ0n) is 3.22. The van der Waals surface area contributed by atoms with Crippen molar-refractivity contribution in [3.8, 4) is 0 Å². The van der Waals surface area contributed by atoms with E-state index in [0.29, 0.717) is 0 Å². The Hall–Kier alpha value is 1.79. The van der Waals surface area contributed by atoms with Crippen molar-refractivity contribution in [3.63, 3.8) is 0 Å². The van der Waals surface area contributed by atoms with E-state index in [0.717, 1.165) is 0 Å². The minimum Gasteiger partial charge on any atom is -0.412 e. The maximum absolute atomic E-state index is 0. The number of hydrogen-bond acceptors (Lipinski definition) is 0. The van der Waals surface area contributed by atoms with Crippen molar-refractivity contribution < 1.29 is 11.0 Å². The molecule has 0 spiro atoms. The normalized spacial score (nSPS) is 0. The predicted molar refractivity (Wildman–Crippen MR) is 34.7 cm³/mol. The Morgan fingerprint density at radius 3 is 0.500 bits per heavy atom. The Kier molecular flexibility index (Phi) is 1330. The summed E-state index contributed by atoms with van der Waals surface area (Å²) in [6, 6.07) is 0. The van der Waals surface area contributed by atoms with E-state index in [9.17, 15) is 0 Å². The van der Waals surface area contributed by atoms with Gasteiger partial charge in [0.25, 0.3) is 0 Å². The van der Waals surface area contributed by atoms with Crippen LogP contribution in [-0.2, 0) is 0 Å². The molecule has 6 heteroatoms. The van der Waals surface area contributed by atoms with Gasteiger partial charge in [0.05, 0.1) is 0 Å². The maximum atomic E-state index is 0. The zero-order chi connectivity index (χ0) is 0. The predicted octanol–water partition coefficient (Wildman–Crippen LogP) is -0.765. The molecule has 0 bridgehead atoms. The first-order valence-corrected chi connectivity index (χ1v) is 0. The fourth-order valence-electron chi connectivity index (χ4n) is 0. The molecule has 4 N–H and O–H groups in total. The summed E-state index contributed by atoms with van der Waals surface area (Å²) in [5, 5.41) is 0. The third-order valence-corrected chi connectivity index (χ3v) is 0. The first kappa shape index (κ1) is 112. The summed E-state index contributed by atoms with van der Waals surface area (Å²) < 4.78 is 0. The third-order valence-electron chi connectivity index (χ3n) is 0. The molecule has 0 rings (SSSR count). The van der Waals surface area contributed by atoms with Crippen LogP contribution in [0.2, 0.25) is 0 Å². The summed E-state index contributed by atoms with van der Waals surface area (Å²) in [5.41, 5.74) is 0. The molecule has 0 aliphatic rings. The summed E-state index contributed by atoms with van der Waals surface area (Å²) in [6.45, 7) is 0. The van der Waals surface area contributed by atoms with Gasteiger partial charge in [0.2, 0.25) is 0 Å². The standard InChI is InChI=1S/3ClH.Na.2H2O/h3*1H;;2*1H2. The molecule has 6 heavy (non-hydrogen) atoms. The molecule has 0 aromatic carbocycles. The van der Waals surface area contributed by atoms with E-state index in [4.69, 9.17) is 0 Å². The van der Waals surface area contributed by atoms with Gasteiger partial charge in [-0.2, -0.15) is 0 Å². The molecule has 41 valence electrons. The molecule has 0 aliphatic heterocycles. The monoisotopic (exact) mass is 167 g/mol. The molecule has 0 aromatic heterocycles. The largest absolute Gasteiger partial charge is 0.412 e. The molecule has 0 fully saturated rings. The minimum absolute atomic E-state index is 0. The summed E-state index contributed by atoms with van der Waals surface area (Å²) >= 11 is 0. The Labute approximate surface area is 77.2 Å². The third kappa shape index (κ3) is 41.5. The van der Waals surface area contributed by atoms with Crippen molar-refractivity contribution in [1.82, 2.24) is 0 Å². The second-order valence-corrected chi connectivity index (χ2v) is 0. The number of hydrogen-bond donors (Lipinski definition) is 0. The molecule has 0 aromatic rings. The molecule has 2 nitrogen and oxygen atoms in total. The van der Waals surface area contributed by atoms with E-state index in [1.807, 2.05) is 0 Å². The van der Waals surface area contributed by atoms with Crippen LogP contribution < -0.4 is 0 Å². The van der Waals surface area contributed by atoms with Crippen LogP contribution in [0, 0.1) is 0 Å². The maximum Gasteiger partial charge on any atom is 0 e. The van der Waals surface area contributed by atoms with Gasteiger partial charge in [-0.05, 0) is 0 Å². The Bertz CT molecular complexity index is 8.75. The van der Waals surface area contributed by atoms with Crippen molar-refractivity contribution in [3.05, 3.63) is 0 Å². The van der Waals surface area contributed by atoms with Crippen LogP contribution in [0.5, 0.6) is 0 Å². The molecule has 0 aliphatic carbocycles. The molecule has 1 radical (unpaired) electrons. The zero-order valence-corrected chi connectivity index (χ0v) is 7.67. The molecule has 0 saturated heterocycles. The van der Waals surface area contributed by atoms with Gasteiger partial charge < -0.3 is 11.0 Å². The topological polar surface area (TPSA) is 63.0 Å². The van der Waals surface area contributed by atoms with Crippen molar-refractivity contribution in [1.29, 1.82) is 0 Å². The first-order chi connectivity index (χ1) is 0. The molecular formula is H7Cl3NaO2. The first-order valence-electron chi connectivity index (χ1n) is 0. The van der Waals surface area contributed by atoms with Crippen molar-refractivity contribution in [2.45, 2.75) is 0 Å². The molecule has 0 amide bonds. The van der Waals surface area contributed by atoms with Crippen LogP contribution in [0.15, 0.2) is 0 Å². The van der Waals surface area contributed by atoms with E-state index < -0.39 is 0 Å². The van der Waals surface area contributed by atoms with Gasteiger partial charge in [-0.15, -0.1) is 37.2 Å². The SMILES string of the molecule is Cl.Cl.Cl.O.O.[Na]. The van der Waals surface area contributed by atoms with Crippen LogP contribution in [0.3, 0.4) is 0 Å². The van der Waals surface area contributed by atoms with Gasteiger partial charge in [0.15, 0.2) is 0 Å². The van der Waals surface area contributed by atoms with Gasteiger partial charge in [-0.1, -0.05) is 0 Å².